The quantitative estimate of drug-likeness (QED) is 0.819. The van der Waals surface area contributed by atoms with E-state index in [1.165, 1.54) is 12.0 Å². The lowest BCUT2D eigenvalue weighted by Gasteiger charge is -2.50. The Labute approximate surface area is 111 Å². The molecule has 1 aromatic rings. The smallest absolute Gasteiger partial charge is 0.0435 e. The molecule has 0 saturated heterocycles. The number of aryl methyl sites for hydroxylation is 1. The maximum Gasteiger partial charge on any atom is 0.0435 e. The highest BCUT2D eigenvalue weighted by atomic mass is 14.8. The molecule has 2 nitrogen and oxygen atoms in total. The van der Waals surface area contributed by atoms with Crippen molar-refractivity contribution in [2.24, 2.45) is 16.6 Å². The lowest BCUT2D eigenvalue weighted by Crippen LogP contribution is -2.49. The lowest BCUT2D eigenvalue weighted by atomic mass is 9.57. The van der Waals surface area contributed by atoms with Crippen LogP contribution in [0.15, 0.2) is 18.3 Å². The van der Waals surface area contributed by atoms with Gasteiger partial charge in [0.05, 0.1) is 0 Å². The molecular weight excluding hydrogens is 220 g/mol. The number of aromatic nitrogens is 1. The Kier molecular flexibility index (Phi) is 3.05. The molecule has 0 amide bonds. The molecule has 1 saturated carbocycles. The summed E-state index contributed by atoms with van der Waals surface area (Å²) < 4.78 is 0. The number of hydrogen-bond acceptors (Lipinski definition) is 2. The fourth-order valence-electron chi connectivity index (χ4n) is 4.16. The van der Waals surface area contributed by atoms with Gasteiger partial charge in [-0.15, -0.1) is 0 Å². The molecule has 2 rings (SSSR count). The molecule has 1 aliphatic carbocycles. The average molecular weight is 246 g/mol. The van der Waals surface area contributed by atoms with Crippen LogP contribution >= 0.6 is 0 Å². The van der Waals surface area contributed by atoms with Gasteiger partial charge in [0.1, 0.15) is 0 Å². The lowest BCUT2D eigenvalue weighted by molar-refractivity contribution is 0.0469. The summed E-state index contributed by atoms with van der Waals surface area (Å²) in [6.07, 6.45) is 5.27. The summed E-state index contributed by atoms with van der Waals surface area (Å²) in [7, 11) is 0. The second-order valence-corrected chi connectivity index (χ2v) is 7.70. The van der Waals surface area contributed by atoms with Crippen molar-refractivity contribution >= 4 is 0 Å². The van der Waals surface area contributed by atoms with Crippen molar-refractivity contribution in [3.8, 4) is 0 Å². The molecule has 1 aromatic heterocycles. The van der Waals surface area contributed by atoms with E-state index in [9.17, 15) is 0 Å². The van der Waals surface area contributed by atoms with Gasteiger partial charge in [0.15, 0.2) is 0 Å². The van der Waals surface area contributed by atoms with Crippen LogP contribution in [0.1, 0.15) is 58.2 Å². The van der Waals surface area contributed by atoms with Crippen molar-refractivity contribution in [3.05, 3.63) is 29.6 Å². The molecule has 100 valence electrons. The van der Waals surface area contributed by atoms with Gasteiger partial charge in [-0.25, -0.2) is 0 Å². The predicted molar refractivity (Wildman–Crippen MR) is 76.3 cm³/mol. The maximum atomic E-state index is 6.74. The standard InChI is InChI=1S/C16H26N2/c1-12-6-7-13(8-18-12)16(17)10-14(2,3)9-15(4,5)11-16/h6-8H,9-11,17H2,1-5H3. The zero-order valence-electron chi connectivity index (χ0n) is 12.4. The van der Waals surface area contributed by atoms with E-state index in [0.29, 0.717) is 10.8 Å². The van der Waals surface area contributed by atoms with Crippen LogP contribution < -0.4 is 5.73 Å². The molecule has 0 atom stereocenters. The van der Waals surface area contributed by atoms with Crippen LogP contribution in [0, 0.1) is 17.8 Å². The zero-order chi connectivity index (χ0) is 13.6. The molecule has 1 aliphatic rings. The van der Waals surface area contributed by atoms with Gasteiger partial charge >= 0.3 is 0 Å². The third-order valence-electron chi connectivity index (χ3n) is 4.03. The highest BCUT2D eigenvalue weighted by Crippen LogP contribution is 2.52. The molecule has 0 aromatic carbocycles. The zero-order valence-corrected chi connectivity index (χ0v) is 12.4. The Morgan fingerprint density at radius 1 is 1.00 bits per heavy atom. The fourth-order valence-corrected chi connectivity index (χ4v) is 4.16. The van der Waals surface area contributed by atoms with E-state index in [1.54, 1.807) is 0 Å². The van der Waals surface area contributed by atoms with Crippen LogP contribution in [-0.2, 0) is 5.54 Å². The molecule has 1 fully saturated rings. The minimum atomic E-state index is -0.230. The third-order valence-corrected chi connectivity index (χ3v) is 4.03. The van der Waals surface area contributed by atoms with E-state index in [2.05, 4.69) is 44.8 Å². The van der Waals surface area contributed by atoms with E-state index < -0.39 is 0 Å². The van der Waals surface area contributed by atoms with Crippen LogP contribution in [0.25, 0.3) is 0 Å². The molecule has 2 heteroatoms. The number of rotatable bonds is 1. The Morgan fingerprint density at radius 3 is 2.00 bits per heavy atom. The monoisotopic (exact) mass is 246 g/mol. The predicted octanol–water partition coefficient (Wildman–Crippen LogP) is 3.78. The van der Waals surface area contributed by atoms with E-state index >= 15 is 0 Å². The minimum Gasteiger partial charge on any atom is -0.321 e. The molecule has 18 heavy (non-hydrogen) atoms. The van der Waals surface area contributed by atoms with Crippen molar-refractivity contribution in [1.82, 2.24) is 4.98 Å². The number of nitrogens with zero attached hydrogens (tertiary/aromatic N) is 1. The first-order valence-electron chi connectivity index (χ1n) is 6.84. The number of nitrogens with two attached hydrogens (primary N) is 1. The molecular formula is C16H26N2. The Bertz CT molecular complexity index is 413. The van der Waals surface area contributed by atoms with Crippen molar-refractivity contribution < 1.29 is 0 Å². The van der Waals surface area contributed by atoms with Gasteiger partial charge < -0.3 is 5.73 Å². The molecule has 0 bridgehead atoms. The normalized spacial score (nSPS) is 24.8. The van der Waals surface area contributed by atoms with Gasteiger partial charge in [-0.2, -0.15) is 0 Å². The molecule has 0 spiro atoms. The SMILES string of the molecule is Cc1ccc(C2(N)CC(C)(C)CC(C)(C)C2)cn1. The summed E-state index contributed by atoms with van der Waals surface area (Å²) in [5.74, 6) is 0. The summed E-state index contributed by atoms with van der Waals surface area (Å²) in [5.41, 5.74) is 9.34. The highest BCUT2D eigenvalue weighted by molar-refractivity contribution is 5.24. The van der Waals surface area contributed by atoms with Crippen LogP contribution in [-0.4, -0.2) is 4.98 Å². The van der Waals surface area contributed by atoms with Crippen LogP contribution in [0.4, 0.5) is 0 Å². The fraction of sp³-hybridized carbons (Fsp3) is 0.688. The number of hydrogen-bond donors (Lipinski definition) is 1. The molecule has 0 unspecified atom stereocenters. The van der Waals surface area contributed by atoms with Crippen molar-refractivity contribution in [2.45, 2.75) is 59.4 Å². The Balaban J connectivity index is 2.37. The number of pyridine rings is 1. The van der Waals surface area contributed by atoms with Gasteiger partial charge in [-0.1, -0.05) is 33.8 Å². The van der Waals surface area contributed by atoms with E-state index in [1.807, 2.05) is 13.1 Å². The summed E-state index contributed by atoms with van der Waals surface area (Å²) in [5, 5.41) is 0. The topological polar surface area (TPSA) is 38.9 Å². The van der Waals surface area contributed by atoms with Gasteiger partial charge in [-0.3, -0.25) is 4.98 Å². The van der Waals surface area contributed by atoms with Gasteiger partial charge in [-0.05, 0) is 48.6 Å². The summed E-state index contributed by atoms with van der Waals surface area (Å²) in [6.45, 7) is 11.3. The molecule has 0 aliphatic heterocycles. The van der Waals surface area contributed by atoms with Crippen LogP contribution in [0.5, 0.6) is 0 Å². The second-order valence-electron chi connectivity index (χ2n) is 7.70. The first-order chi connectivity index (χ1) is 8.12. The third kappa shape index (κ3) is 2.74. The van der Waals surface area contributed by atoms with E-state index in [0.717, 1.165) is 18.5 Å². The average Bonchev–Trinajstić information content (AvgIpc) is 2.12. The molecule has 0 radical (unpaired) electrons. The van der Waals surface area contributed by atoms with Gasteiger partial charge in [0, 0.05) is 17.4 Å². The first kappa shape index (κ1) is 13.5. The van der Waals surface area contributed by atoms with Crippen LogP contribution in [0.3, 0.4) is 0 Å². The second kappa shape index (κ2) is 4.06. The van der Waals surface area contributed by atoms with E-state index in [-0.39, 0.29) is 5.54 Å². The summed E-state index contributed by atoms with van der Waals surface area (Å²) in [4.78, 5) is 4.42. The summed E-state index contributed by atoms with van der Waals surface area (Å²) in [6, 6.07) is 4.22. The first-order valence-corrected chi connectivity index (χ1v) is 6.84. The van der Waals surface area contributed by atoms with Crippen molar-refractivity contribution in [2.75, 3.05) is 0 Å². The van der Waals surface area contributed by atoms with Gasteiger partial charge in [0.25, 0.3) is 0 Å². The maximum absolute atomic E-state index is 6.74. The highest BCUT2D eigenvalue weighted by Gasteiger charge is 2.46. The van der Waals surface area contributed by atoms with Crippen molar-refractivity contribution in [1.29, 1.82) is 0 Å². The minimum absolute atomic E-state index is 0.230. The largest absolute Gasteiger partial charge is 0.321 e. The Morgan fingerprint density at radius 2 is 1.56 bits per heavy atom. The Hall–Kier alpha value is -0.890. The molecule has 2 N–H and O–H groups in total. The van der Waals surface area contributed by atoms with Crippen LogP contribution in [0.2, 0.25) is 0 Å². The molecule has 1 heterocycles. The van der Waals surface area contributed by atoms with E-state index in [4.69, 9.17) is 5.73 Å². The summed E-state index contributed by atoms with van der Waals surface area (Å²) >= 11 is 0. The van der Waals surface area contributed by atoms with Crippen molar-refractivity contribution in [3.63, 3.8) is 0 Å². The van der Waals surface area contributed by atoms with Gasteiger partial charge in [0.2, 0.25) is 0 Å².